The van der Waals surface area contributed by atoms with Crippen molar-refractivity contribution < 1.29 is 14.3 Å². The van der Waals surface area contributed by atoms with Crippen molar-refractivity contribution in [2.45, 2.75) is 13.0 Å². The first kappa shape index (κ1) is 21.7. The zero-order chi connectivity index (χ0) is 22.5. The summed E-state index contributed by atoms with van der Waals surface area (Å²) in [4.78, 5) is 29.5. The summed E-state index contributed by atoms with van der Waals surface area (Å²) in [6, 6.07) is 21.8. The van der Waals surface area contributed by atoms with Crippen molar-refractivity contribution in [3.63, 3.8) is 0 Å². The Morgan fingerprint density at radius 1 is 1.03 bits per heavy atom. The van der Waals surface area contributed by atoms with Crippen molar-refractivity contribution in [3.8, 4) is 5.75 Å². The molecule has 32 heavy (non-hydrogen) atoms. The molecule has 0 saturated carbocycles. The number of rotatable bonds is 6. The van der Waals surface area contributed by atoms with Gasteiger partial charge in [0.1, 0.15) is 5.75 Å². The Bertz CT molecular complexity index is 1120. The topological polar surface area (TPSA) is 61.9 Å². The number of carbonyl (C=O) groups is 2. The number of methoxy groups -OCH3 is 1. The number of benzene rings is 3. The fourth-order valence-electron chi connectivity index (χ4n) is 3.74. The highest BCUT2D eigenvalue weighted by Gasteiger charge is 2.27. The highest BCUT2D eigenvalue weighted by molar-refractivity contribution is 6.30. The second kappa shape index (κ2) is 9.75. The fraction of sp³-hybridized carbons (Fsp3) is 0.200. The van der Waals surface area contributed by atoms with Crippen LogP contribution in [0.5, 0.6) is 5.75 Å². The maximum Gasteiger partial charge on any atom is 0.324 e. The third kappa shape index (κ3) is 4.86. The number of halogens is 1. The quantitative estimate of drug-likeness (QED) is 0.545. The van der Waals surface area contributed by atoms with Gasteiger partial charge in [0.25, 0.3) is 5.91 Å². The number of hydrogen-bond donors (Lipinski definition) is 1. The number of hydrogen-bond acceptors (Lipinski definition) is 3. The number of urea groups is 1. The highest BCUT2D eigenvalue weighted by Crippen LogP contribution is 2.26. The van der Waals surface area contributed by atoms with Crippen molar-refractivity contribution in [1.29, 1.82) is 0 Å². The first-order chi connectivity index (χ1) is 15.5. The normalized spacial score (nSPS) is 13.8. The van der Waals surface area contributed by atoms with Gasteiger partial charge in [-0.1, -0.05) is 41.9 Å². The molecule has 1 saturated heterocycles. The van der Waals surface area contributed by atoms with Crippen LogP contribution in [0.1, 0.15) is 22.3 Å². The van der Waals surface area contributed by atoms with E-state index in [1.807, 2.05) is 47.4 Å². The van der Waals surface area contributed by atoms with E-state index < -0.39 is 0 Å². The molecule has 6 nitrogen and oxygen atoms in total. The predicted molar refractivity (Wildman–Crippen MR) is 127 cm³/mol. The summed E-state index contributed by atoms with van der Waals surface area (Å²) < 4.78 is 5.30. The summed E-state index contributed by atoms with van der Waals surface area (Å²) in [5.41, 5.74) is 2.78. The number of ether oxygens (including phenoxy) is 1. The summed E-state index contributed by atoms with van der Waals surface area (Å²) in [5.74, 6) is 0.319. The van der Waals surface area contributed by atoms with Gasteiger partial charge in [-0.3, -0.25) is 9.69 Å². The van der Waals surface area contributed by atoms with E-state index in [0.29, 0.717) is 47.3 Å². The second-order valence-corrected chi connectivity index (χ2v) is 7.98. The van der Waals surface area contributed by atoms with Gasteiger partial charge >= 0.3 is 6.03 Å². The maximum atomic E-state index is 13.2. The molecule has 4 rings (SSSR count). The van der Waals surface area contributed by atoms with Crippen LogP contribution >= 0.6 is 11.6 Å². The summed E-state index contributed by atoms with van der Waals surface area (Å²) >= 11 is 5.97. The van der Waals surface area contributed by atoms with Gasteiger partial charge < -0.3 is 15.0 Å². The SMILES string of the molecule is COc1ccccc1NC(=O)c1cccc(N2CCCN(Cc3ccc(Cl)cc3)C2=O)c1. The number of nitrogens with one attached hydrogen (secondary N) is 1. The number of amides is 3. The number of nitrogens with zero attached hydrogens (tertiary/aromatic N) is 2. The maximum absolute atomic E-state index is 13.2. The predicted octanol–water partition coefficient (Wildman–Crippen LogP) is 5.43. The molecule has 0 aromatic heterocycles. The van der Waals surface area contributed by atoms with E-state index in [4.69, 9.17) is 16.3 Å². The van der Waals surface area contributed by atoms with Crippen molar-refractivity contribution in [3.05, 3.63) is 88.9 Å². The lowest BCUT2D eigenvalue weighted by Gasteiger charge is -2.35. The van der Waals surface area contributed by atoms with Crippen LogP contribution in [0.25, 0.3) is 0 Å². The lowest BCUT2D eigenvalue weighted by atomic mass is 10.1. The minimum Gasteiger partial charge on any atom is -0.495 e. The van der Waals surface area contributed by atoms with Gasteiger partial charge in [0.2, 0.25) is 0 Å². The van der Waals surface area contributed by atoms with E-state index in [1.54, 1.807) is 42.3 Å². The first-order valence-electron chi connectivity index (χ1n) is 10.4. The lowest BCUT2D eigenvalue weighted by molar-refractivity contribution is 0.102. The number of anilines is 2. The van der Waals surface area contributed by atoms with Gasteiger partial charge in [0, 0.05) is 35.9 Å². The van der Waals surface area contributed by atoms with Crippen LogP contribution in [0.15, 0.2) is 72.8 Å². The molecule has 164 valence electrons. The average Bonchev–Trinajstić information content (AvgIpc) is 2.82. The molecule has 0 aliphatic carbocycles. The Morgan fingerprint density at radius 2 is 1.81 bits per heavy atom. The standard InChI is InChI=1S/C25H24ClN3O3/c1-32-23-9-3-2-8-22(23)27-24(30)19-6-4-7-21(16-19)29-15-5-14-28(25(29)31)17-18-10-12-20(26)13-11-18/h2-4,6-13,16H,5,14-15,17H2,1H3,(H,27,30). The van der Waals surface area contributed by atoms with E-state index in [2.05, 4.69) is 5.32 Å². The van der Waals surface area contributed by atoms with Gasteiger partial charge in [0.05, 0.1) is 12.8 Å². The summed E-state index contributed by atoms with van der Waals surface area (Å²) in [7, 11) is 1.56. The Kier molecular flexibility index (Phi) is 6.61. The van der Waals surface area contributed by atoms with E-state index in [-0.39, 0.29) is 11.9 Å². The third-order valence-corrected chi connectivity index (χ3v) is 5.63. The molecule has 1 fully saturated rings. The Balaban J connectivity index is 1.49. The van der Waals surface area contributed by atoms with Crippen LogP contribution in [0, 0.1) is 0 Å². The van der Waals surface area contributed by atoms with Gasteiger partial charge in [-0.05, 0) is 54.4 Å². The van der Waals surface area contributed by atoms with Crippen LogP contribution in [-0.2, 0) is 6.54 Å². The molecule has 3 amide bonds. The summed E-state index contributed by atoms with van der Waals surface area (Å²) in [5, 5.41) is 3.55. The van der Waals surface area contributed by atoms with Gasteiger partial charge in [-0.25, -0.2) is 4.79 Å². The average molecular weight is 450 g/mol. The van der Waals surface area contributed by atoms with Crippen molar-refractivity contribution in [2.75, 3.05) is 30.4 Å². The number of para-hydroxylation sites is 2. The Labute approximate surface area is 192 Å². The minimum absolute atomic E-state index is 0.0755. The highest BCUT2D eigenvalue weighted by atomic mass is 35.5. The third-order valence-electron chi connectivity index (χ3n) is 5.37. The molecule has 1 heterocycles. The van der Waals surface area contributed by atoms with Crippen LogP contribution in [-0.4, -0.2) is 37.0 Å². The van der Waals surface area contributed by atoms with Gasteiger partial charge in [-0.15, -0.1) is 0 Å². The van der Waals surface area contributed by atoms with Crippen LogP contribution in [0.3, 0.4) is 0 Å². The molecule has 0 bridgehead atoms. The van der Waals surface area contributed by atoms with Gasteiger partial charge in [0.15, 0.2) is 0 Å². The molecule has 1 aliphatic rings. The van der Waals surface area contributed by atoms with E-state index in [9.17, 15) is 9.59 Å². The zero-order valence-electron chi connectivity index (χ0n) is 17.8. The zero-order valence-corrected chi connectivity index (χ0v) is 18.5. The van der Waals surface area contributed by atoms with E-state index in [1.165, 1.54) is 0 Å². The first-order valence-corrected chi connectivity index (χ1v) is 10.8. The summed E-state index contributed by atoms with van der Waals surface area (Å²) in [6.45, 7) is 1.81. The van der Waals surface area contributed by atoms with Crippen molar-refractivity contribution >= 4 is 34.9 Å². The van der Waals surface area contributed by atoms with Crippen LogP contribution in [0.4, 0.5) is 16.2 Å². The smallest absolute Gasteiger partial charge is 0.324 e. The Hall–Kier alpha value is -3.51. The molecule has 0 atom stereocenters. The molecule has 1 N–H and O–H groups in total. The summed E-state index contributed by atoms with van der Waals surface area (Å²) in [6.07, 6.45) is 0.844. The molecule has 0 spiro atoms. The molecule has 3 aromatic rings. The molecule has 0 unspecified atom stereocenters. The lowest BCUT2D eigenvalue weighted by Crippen LogP contribution is -2.49. The molecule has 3 aromatic carbocycles. The van der Waals surface area contributed by atoms with Crippen LogP contribution in [0.2, 0.25) is 5.02 Å². The Morgan fingerprint density at radius 3 is 2.59 bits per heavy atom. The van der Waals surface area contributed by atoms with Gasteiger partial charge in [-0.2, -0.15) is 0 Å². The molecular weight excluding hydrogens is 426 g/mol. The van der Waals surface area contributed by atoms with E-state index in [0.717, 1.165) is 12.0 Å². The molecule has 1 aliphatic heterocycles. The minimum atomic E-state index is -0.265. The fourth-order valence-corrected chi connectivity index (χ4v) is 3.86. The van der Waals surface area contributed by atoms with Crippen molar-refractivity contribution in [2.24, 2.45) is 0 Å². The molecule has 7 heteroatoms. The number of carbonyl (C=O) groups excluding carboxylic acids is 2. The largest absolute Gasteiger partial charge is 0.495 e. The van der Waals surface area contributed by atoms with Crippen molar-refractivity contribution in [1.82, 2.24) is 4.90 Å². The van der Waals surface area contributed by atoms with Crippen LogP contribution < -0.4 is 15.0 Å². The molecule has 0 radical (unpaired) electrons. The molecular formula is C25H24ClN3O3. The second-order valence-electron chi connectivity index (χ2n) is 7.54. The monoisotopic (exact) mass is 449 g/mol. The van der Waals surface area contributed by atoms with E-state index >= 15 is 0 Å².